The van der Waals surface area contributed by atoms with Gasteiger partial charge >= 0.3 is 6.09 Å². The molecule has 2 aliphatic heterocycles. The molecule has 3 heterocycles. The number of carbonyl (C=O) groups is 2. The minimum atomic E-state index is -0.251. The Morgan fingerprint density at radius 3 is 2.61 bits per heavy atom. The van der Waals surface area contributed by atoms with Crippen molar-refractivity contribution in [3.05, 3.63) is 29.6 Å². The summed E-state index contributed by atoms with van der Waals surface area (Å²) in [5, 5.41) is 3.21. The number of fused-ring (bicyclic) bond motifs is 1. The first kappa shape index (κ1) is 21.6. The number of imidazole rings is 1. The molecule has 2 aromatic rings. The van der Waals surface area contributed by atoms with Crippen LogP contribution in [0.4, 0.5) is 4.79 Å². The summed E-state index contributed by atoms with van der Waals surface area (Å²) in [6, 6.07) is 6.41. The summed E-state index contributed by atoms with van der Waals surface area (Å²) in [6.07, 6.45) is 3.06. The van der Waals surface area contributed by atoms with Crippen LogP contribution in [0.5, 0.6) is 0 Å². The predicted octanol–water partition coefficient (Wildman–Crippen LogP) is 2.82. The van der Waals surface area contributed by atoms with Crippen LogP contribution in [-0.4, -0.2) is 70.6 Å². The van der Waals surface area contributed by atoms with Crippen molar-refractivity contribution in [1.82, 2.24) is 25.1 Å². The van der Waals surface area contributed by atoms with Crippen LogP contribution < -0.4 is 5.32 Å². The molecule has 8 nitrogen and oxygen atoms in total. The Kier molecular flexibility index (Phi) is 6.75. The average Bonchev–Trinajstić information content (AvgIpc) is 3.16. The molecule has 0 radical (unpaired) electrons. The molecule has 0 aliphatic carbocycles. The molecule has 0 unspecified atom stereocenters. The van der Waals surface area contributed by atoms with Crippen molar-refractivity contribution in [3.8, 4) is 0 Å². The van der Waals surface area contributed by atoms with Crippen LogP contribution in [0.2, 0.25) is 0 Å². The highest BCUT2D eigenvalue weighted by Crippen LogP contribution is 2.21. The SMILES string of the molecule is CCOC(=O)N1CCC(NC(=O)C2CCN(Cc3nc4ccc(C)cc4[nH]3)CC2)CC1. The molecule has 2 amide bonds. The topological polar surface area (TPSA) is 90.6 Å². The molecule has 31 heavy (non-hydrogen) atoms. The number of aryl methyl sites for hydroxylation is 1. The highest BCUT2D eigenvalue weighted by molar-refractivity contribution is 5.79. The van der Waals surface area contributed by atoms with Crippen LogP contribution >= 0.6 is 0 Å². The molecule has 2 fully saturated rings. The van der Waals surface area contributed by atoms with E-state index < -0.39 is 0 Å². The summed E-state index contributed by atoms with van der Waals surface area (Å²) in [5.74, 6) is 1.21. The molecule has 8 heteroatoms. The fourth-order valence-electron chi connectivity index (χ4n) is 4.56. The van der Waals surface area contributed by atoms with Gasteiger partial charge in [-0.1, -0.05) is 6.07 Å². The monoisotopic (exact) mass is 427 g/mol. The van der Waals surface area contributed by atoms with Gasteiger partial charge in [0.2, 0.25) is 5.91 Å². The van der Waals surface area contributed by atoms with E-state index in [-0.39, 0.29) is 24.0 Å². The van der Waals surface area contributed by atoms with E-state index in [0.29, 0.717) is 19.7 Å². The second kappa shape index (κ2) is 9.68. The lowest BCUT2D eigenvalue weighted by molar-refractivity contribution is -0.127. The van der Waals surface area contributed by atoms with Gasteiger partial charge in [-0.05, 0) is 70.3 Å². The zero-order valence-corrected chi connectivity index (χ0v) is 18.5. The number of nitrogens with one attached hydrogen (secondary N) is 2. The van der Waals surface area contributed by atoms with Crippen molar-refractivity contribution in [3.63, 3.8) is 0 Å². The third-order valence-corrected chi connectivity index (χ3v) is 6.39. The molecule has 0 saturated carbocycles. The Bertz CT molecular complexity index is 911. The fourth-order valence-corrected chi connectivity index (χ4v) is 4.56. The number of benzene rings is 1. The molecule has 0 bridgehead atoms. The summed E-state index contributed by atoms with van der Waals surface area (Å²) in [6.45, 7) is 8.15. The number of aromatic nitrogens is 2. The van der Waals surface area contributed by atoms with E-state index in [2.05, 4.69) is 40.3 Å². The normalized spacial score (nSPS) is 19.0. The van der Waals surface area contributed by atoms with E-state index in [4.69, 9.17) is 9.72 Å². The van der Waals surface area contributed by atoms with Gasteiger partial charge in [0, 0.05) is 25.0 Å². The lowest BCUT2D eigenvalue weighted by Gasteiger charge is -2.34. The number of rotatable bonds is 5. The van der Waals surface area contributed by atoms with Crippen molar-refractivity contribution in [2.24, 2.45) is 5.92 Å². The number of hydrogen-bond acceptors (Lipinski definition) is 5. The predicted molar refractivity (Wildman–Crippen MR) is 119 cm³/mol. The average molecular weight is 428 g/mol. The fraction of sp³-hybridized carbons (Fsp3) is 0.609. The molecule has 1 aromatic carbocycles. The largest absolute Gasteiger partial charge is 0.450 e. The van der Waals surface area contributed by atoms with Gasteiger partial charge in [-0.25, -0.2) is 9.78 Å². The summed E-state index contributed by atoms with van der Waals surface area (Å²) in [7, 11) is 0. The van der Waals surface area contributed by atoms with Gasteiger partial charge in [0.25, 0.3) is 0 Å². The molecule has 2 saturated heterocycles. The maximum absolute atomic E-state index is 12.7. The van der Waals surface area contributed by atoms with Crippen LogP contribution in [0, 0.1) is 12.8 Å². The first-order chi connectivity index (χ1) is 15.0. The highest BCUT2D eigenvalue weighted by atomic mass is 16.6. The standard InChI is InChI=1S/C23H33N5O3/c1-3-31-23(30)28-12-8-18(9-13-28)24-22(29)17-6-10-27(11-7-17)15-21-25-19-5-4-16(2)14-20(19)26-21/h4-5,14,17-18H,3,6-13,15H2,1-2H3,(H,24,29)(H,25,26). The Labute approximate surface area is 183 Å². The number of hydrogen-bond donors (Lipinski definition) is 2. The summed E-state index contributed by atoms with van der Waals surface area (Å²) in [5.41, 5.74) is 3.31. The molecular formula is C23H33N5O3. The van der Waals surface area contributed by atoms with E-state index in [1.54, 1.807) is 4.90 Å². The number of amides is 2. The Hall–Kier alpha value is -2.61. The first-order valence-electron chi connectivity index (χ1n) is 11.4. The number of ether oxygens (including phenoxy) is 1. The number of nitrogens with zero attached hydrogens (tertiary/aromatic N) is 3. The van der Waals surface area contributed by atoms with E-state index >= 15 is 0 Å². The summed E-state index contributed by atoms with van der Waals surface area (Å²) < 4.78 is 5.06. The summed E-state index contributed by atoms with van der Waals surface area (Å²) in [4.78, 5) is 36.8. The van der Waals surface area contributed by atoms with Gasteiger partial charge in [0.1, 0.15) is 5.82 Å². The molecule has 0 spiro atoms. The van der Waals surface area contributed by atoms with Crippen molar-refractivity contribution < 1.29 is 14.3 Å². The van der Waals surface area contributed by atoms with Crippen LogP contribution in [-0.2, 0) is 16.1 Å². The minimum absolute atomic E-state index is 0.0673. The zero-order chi connectivity index (χ0) is 21.8. The van der Waals surface area contributed by atoms with E-state index in [1.807, 2.05) is 6.92 Å². The molecule has 2 N–H and O–H groups in total. The molecule has 2 aliphatic rings. The second-order valence-electron chi connectivity index (χ2n) is 8.72. The number of piperidine rings is 2. The van der Waals surface area contributed by atoms with Crippen LogP contribution in [0.1, 0.15) is 44.0 Å². The molecule has 0 atom stereocenters. The van der Waals surface area contributed by atoms with E-state index in [1.165, 1.54) is 5.56 Å². The number of carbonyl (C=O) groups excluding carboxylic acids is 2. The minimum Gasteiger partial charge on any atom is -0.450 e. The Morgan fingerprint density at radius 2 is 1.90 bits per heavy atom. The number of likely N-dealkylation sites (tertiary alicyclic amines) is 2. The second-order valence-corrected chi connectivity index (χ2v) is 8.72. The van der Waals surface area contributed by atoms with E-state index in [0.717, 1.165) is 62.2 Å². The third kappa shape index (κ3) is 5.36. The van der Waals surface area contributed by atoms with Gasteiger partial charge in [-0.3, -0.25) is 9.69 Å². The number of aromatic amines is 1. The zero-order valence-electron chi connectivity index (χ0n) is 18.5. The lowest BCUT2D eigenvalue weighted by atomic mass is 9.94. The van der Waals surface area contributed by atoms with Crippen molar-refractivity contribution in [2.75, 3.05) is 32.8 Å². The maximum atomic E-state index is 12.7. The van der Waals surface area contributed by atoms with Crippen molar-refractivity contribution in [2.45, 2.75) is 52.1 Å². The van der Waals surface area contributed by atoms with Gasteiger partial charge < -0.3 is 19.9 Å². The van der Waals surface area contributed by atoms with Crippen molar-refractivity contribution >= 4 is 23.0 Å². The van der Waals surface area contributed by atoms with Crippen molar-refractivity contribution in [1.29, 1.82) is 0 Å². The molecule has 4 rings (SSSR count). The van der Waals surface area contributed by atoms with Gasteiger partial charge in [-0.15, -0.1) is 0 Å². The lowest BCUT2D eigenvalue weighted by Crippen LogP contribution is -2.49. The Morgan fingerprint density at radius 1 is 1.16 bits per heavy atom. The van der Waals surface area contributed by atoms with Crippen LogP contribution in [0.15, 0.2) is 18.2 Å². The van der Waals surface area contributed by atoms with Gasteiger partial charge in [0.05, 0.1) is 24.2 Å². The Balaban J connectivity index is 1.20. The third-order valence-electron chi connectivity index (χ3n) is 6.39. The molecule has 1 aromatic heterocycles. The first-order valence-corrected chi connectivity index (χ1v) is 11.4. The van der Waals surface area contributed by atoms with Crippen LogP contribution in [0.3, 0.4) is 0 Å². The van der Waals surface area contributed by atoms with Gasteiger partial charge in [0.15, 0.2) is 0 Å². The molecular weight excluding hydrogens is 394 g/mol. The van der Waals surface area contributed by atoms with Gasteiger partial charge in [-0.2, -0.15) is 0 Å². The quantitative estimate of drug-likeness (QED) is 0.766. The summed E-state index contributed by atoms with van der Waals surface area (Å²) >= 11 is 0. The number of H-pyrrole nitrogens is 1. The maximum Gasteiger partial charge on any atom is 0.409 e. The molecule has 168 valence electrons. The smallest absolute Gasteiger partial charge is 0.409 e. The van der Waals surface area contributed by atoms with E-state index in [9.17, 15) is 9.59 Å². The highest BCUT2D eigenvalue weighted by Gasteiger charge is 2.29. The van der Waals surface area contributed by atoms with Crippen LogP contribution in [0.25, 0.3) is 11.0 Å².